The fourth-order valence-corrected chi connectivity index (χ4v) is 2.72. The lowest BCUT2D eigenvalue weighted by Crippen LogP contribution is -2.28. The summed E-state index contributed by atoms with van der Waals surface area (Å²) < 4.78 is 35.0. The number of amides is 1. The zero-order valence-corrected chi connectivity index (χ0v) is 16.5. The highest BCUT2D eigenvalue weighted by Gasteiger charge is 2.11. The number of sulfonamides is 1. The molecule has 0 aliphatic heterocycles. The Morgan fingerprint density at radius 1 is 1.00 bits per heavy atom. The van der Waals surface area contributed by atoms with Gasteiger partial charge in [-0.3, -0.25) is 9.10 Å². The van der Waals surface area contributed by atoms with Crippen molar-refractivity contribution in [2.75, 3.05) is 30.8 Å². The Kier molecular flexibility index (Phi) is 7.06. The number of anilines is 1. The molecule has 146 valence electrons. The molecule has 0 aromatic heterocycles. The first-order valence-electron chi connectivity index (χ1n) is 8.45. The second-order valence-electron chi connectivity index (χ2n) is 5.87. The second kappa shape index (κ2) is 9.27. The number of ether oxygens (including phenoxy) is 2. The van der Waals surface area contributed by atoms with Crippen LogP contribution in [-0.4, -0.2) is 40.8 Å². The molecule has 2 aromatic carbocycles. The van der Waals surface area contributed by atoms with Gasteiger partial charge in [0.2, 0.25) is 10.0 Å². The molecule has 0 saturated heterocycles. The number of rotatable bonds is 9. The molecule has 0 unspecified atom stereocenters. The maximum absolute atomic E-state index is 11.9. The summed E-state index contributed by atoms with van der Waals surface area (Å²) in [5, 5.41) is 2.78. The maximum atomic E-state index is 11.9. The van der Waals surface area contributed by atoms with Crippen LogP contribution in [0.15, 0.2) is 48.5 Å². The highest BCUT2D eigenvalue weighted by molar-refractivity contribution is 7.92. The van der Waals surface area contributed by atoms with Crippen LogP contribution in [0.4, 0.5) is 5.69 Å². The van der Waals surface area contributed by atoms with Crippen LogP contribution in [0.2, 0.25) is 0 Å². The normalized spacial score (nSPS) is 10.9. The van der Waals surface area contributed by atoms with Gasteiger partial charge in [0.1, 0.15) is 11.5 Å². The van der Waals surface area contributed by atoms with E-state index >= 15 is 0 Å². The molecule has 0 aliphatic carbocycles. The fraction of sp³-hybridized carbons (Fsp3) is 0.316. The number of nitrogens with one attached hydrogen (secondary N) is 1. The predicted molar refractivity (Wildman–Crippen MR) is 105 cm³/mol. The number of nitrogens with zero attached hydrogens (tertiary/aromatic N) is 1. The van der Waals surface area contributed by atoms with Crippen molar-refractivity contribution in [2.45, 2.75) is 13.5 Å². The Bertz CT molecular complexity index is 849. The van der Waals surface area contributed by atoms with Crippen molar-refractivity contribution < 1.29 is 22.7 Å². The molecular formula is C19H24N2O5S. The van der Waals surface area contributed by atoms with Gasteiger partial charge >= 0.3 is 0 Å². The average molecular weight is 392 g/mol. The molecule has 1 N–H and O–H groups in total. The van der Waals surface area contributed by atoms with Gasteiger partial charge in [0, 0.05) is 13.6 Å². The van der Waals surface area contributed by atoms with Crippen LogP contribution >= 0.6 is 0 Å². The van der Waals surface area contributed by atoms with Crippen LogP contribution < -0.4 is 19.1 Å². The summed E-state index contributed by atoms with van der Waals surface area (Å²) in [5.41, 5.74) is 1.48. The fourth-order valence-electron chi connectivity index (χ4n) is 2.21. The van der Waals surface area contributed by atoms with Gasteiger partial charge in [0.05, 0.1) is 18.6 Å². The first-order chi connectivity index (χ1) is 12.8. The first kappa shape index (κ1) is 20.6. The molecule has 2 aromatic rings. The third kappa shape index (κ3) is 6.49. The minimum atomic E-state index is -3.31. The maximum Gasteiger partial charge on any atom is 0.258 e. The average Bonchev–Trinajstić information content (AvgIpc) is 2.65. The van der Waals surface area contributed by atoms with E-state index in [-0.39, 0.29) is 12.5 Å². The molecule has 1 amide bonds. The molecule has 0 aliphatic rings. The van der Waals surface area contributed by atoms with Crippen LogP contribution in [0.5, 0.6) is 11.5 Å². The Labute approximate surface area is 160 Å². The van der Waals surface area contributed by atoms with Crippen molar-refractivity contribution in [1.82, 2.24) is 5.32 Å². The van der Waals surface area contributed by atoms with Crippen LogP contribution in [0.25, 0.3) is 0 Å². The zero-order valence-electron chi connectivity index (χ0n) is 15.6. The summed E-state index contributed by atoms with van der Waals surface area (Å²) in [6, 6.07) is 14.0. The van der Waals surface area contributed by atoms with E-state index in [9.17, 15) is 13.2 Å². The van der Waals surface area contributed by atoms with Gasteiger partial charge in [-0.25, -0.2) is 8.42 Å². The zero-order chi connectivity index (χ0) is 19.9. The number of carbonyl (C=O) groups excluding carboxylic acids is 1. The van der Waals surface area contributed by atoms with Crippen LogP contribution in [0.1, 0.15) is 12.5 Å². The summed E-state index contributed by atoms with van der Waals surface area (Å²) in [6.45, 7) is 2.80. The van der Waals surface area contributed by atoms with Gasteiger partial charge in [-0.1, -0.05) is 12.1 Å². The standard InChI is InChI=1S/C19H24N2O5S/c1-4-25-17-9-5-15(6-10-17)13-20-19(22)14-26-18-11-7-16(8-12-18)21(2)27(3,23)24/h5-12H,4,13-14H2,1-3H3,(H,20,22). The Balaban J connectivity index is 1.79. The number of benzene rings is 2. The Hall–Kier alpha value is -2.74. The minimum absolute atomic E-state index is 0.127. The van der Waals surface area contributed by atoms with E-state index in [0.717, 1.165) is 17.6 Å². The van der Waals surface area contributed by atoms with Crippen molar-refractivity contribution in [3.8, 4) is 11.5 Å². The van der Waals surface area contributed by atoms with E-state index in [0.29, 0.717) is 24.6 Å². The van der Waals surface area contributed by atoms with E-state index in [2.05, 4.69) is 5.32 Å². The summed E-state index contributed by atoms with van der Waals surface area (Å²) in [5.74, 6) is 1.03. The smallest absolute Gasteiger partial charge is 0.258 e. The SMILES string of the molecule is CCOc1ccc(CNC(=O)COc2ccc(N(C)S(C)(=O)=O)cc2)cc1. The molecule has 0 atom stereocenters. The molecule has 0 heterocycles. The van der Waals surface area contributed by atoms with Crippen LogP contribution in [-0.2, 0) is 21.4 Å². The third-order valence-electron chi connectivity index (χ3n) is 3.79. The van der Waals surface area contributed by atoms with Crippen LogP contribution in [0.3, 0.4) is 0 Å². The molecule has 8 heteroatoms. The molecular weight excluding hydrogens is 368 g/mol. The van der Waals surface area contributed by atoms with E-state index in [4.69, 9.17) is 9.47 Å². The largest absolute Gasteiger partial charge is 0.494 e. The highest BCUT2D eigenvalue weighted by Crippen LogP contribution is 2.20. The Morgan fingerprint density at radius 2 is 1.56 bits per heavy atom. The molecule has 0 bridgehead atoms. The second-order valence-corrected chi connectivity index (χ2v) is 7.88. The topological polar surface area (TPSA) is 84.9 Å². The van der Waals surface area contributed by atoms with Gasteiger partial charge in [-0.15, -0.1) is 0 Å². The minimum Gasteiger partial charge on any atom is -0.494 e. The van der Waals surface area contributed by atoms with Crippen molar-refractivity contribution in [3.05, 3.63) is 54.1 Å². The molecule has 0 fully saturated rings. The third-order valence-corrected chi connectivity index (χ3v) is 5.00. The Morgan fingerprint density at radius 3 is 2.11 bits per heavy atom. The number of hydrogen-bond donors (Lipinski definition) is 1. The van der Waals surface area contributed by atoms with Gasteiger partial charge in [0.15, 0.2) is 6.61 Å². The summed E-state index contributed by atoms with van der Waals surface area (Å²) in [6.07, 6.45) is 1.13. The monoisotopic (exact) mass is 392 g/mol. The molecule has 0 saturated carbocycles. The molecule has 0 radical (unpaired) electrons. The molecule has 0 spiro atoms. The van der Waals surface area contributed by atoms with Gasteiger partial charge in [-0.2, -0.15) is 0 Å². The van der Waals surface area contributed by atoms with Crippen LogP contribution in [0, 0.1) is 0 Å². The molecule has 2 rings (SSSR count). The van der Waals surface area contributed by atoms with Gasteiger partial charge < -0.3 is 14.8 Å². The first-order valence-corrected chi connectivity index (χ1v) is 10.3. The lowest BCUT2D eigenvalue weighted by Gasteiger charge is -2.16. The molecule has 27 heavy (non-hydrogen) atoms. The van der Waals surface area contributed by atoms with Gasteiger partial charge in [0.25, 0.3) is 5.91 Å². The highest BCUT2D eigenvalue weighted by atomic mass is 32.2. The van der Waals surface area contributed by atoms with Crippen molar-refractivity contribution in [2.24, 2.45) is 0 Å². The summed E-state index contributed by atoms with van der Waals surface area (Å²) >= 11 is 0. The lowest BCUT2D eigenvalue weighted by molar-refractivity contribution is -0.123. The van der Waals surface area contributed by atoms with Crippen molar-refractivity contribution in [1.29, 1.82) is 0 Å². The lowest BCUT2D eigenvalue weighted by atomic mass is 10.2. The van der Waals surface area contributed by atoms with Crippen molar-refractivity contribution in [3.63, 3.8) is 0 Å². The van der Waals surface area contributed by atoms with E-state index in [1.54, 1.807) is 24.3 Å². The van der Waals surface area contributed by atoms with Gasteiger partial charge in [-0.05, 0) is 48.9 Å². The predicted octanol–water partition coefficient (Wildman–Crippen LogP) is 2.18. The summed E-state index contributed by atoms with van der Waals surface area (Å²) in [7, 11) is -1.84. The summed E-state index contributed by atoms with van der Waals surface area (Å²) in [4.78, 5) is 11.9. The van der Waals surface area contributed by atoms with E-state index in [1.807, 2.05) is 31.2 Å². The van der Waals surface area contributed by atoms with Crippen molar-refractivity contribution >= 4 is 21.6 Å². The molecule has 7 nitrogen and oxygen atoms in total. The van der Waals surface area contributed by atoms with E-state index < -0.39 is 10.0 Å². The quantitative estimate of drug-likeness (QED) is 0.707. The number of carbonyl (C=O) groups is 1. The van der Waals surface area contributed by atoms with E-state index in [1.165, 1.54) is 11.4 Å². The number of hydrogen-bond acceptors (Lipinski definition) is 5.